The van der Waals surface area contributed by atoms with Gasteiger partial charge in [0.25, 0.3) is 5.91 Å². The van der Waals surface area contributed by atoms with Crippen LogP contribution in [0.3, 0.4) is 0 Å². The lowest BCUT2D eigenvalue weighted by molar-refractivity contribution is -0.137. The van der Waals surface area contributed by atoms with Crippen LogP contribution in [0.4, 0.5) is 0 Å². The van der Waals surface area contributed by atoms with Gasteiger partial charge in [-0.3, -0.25) is 9.59 Å². The molecule has 2 N–H and O–H groups in total. The lowest BCUT2D eigenvalue weighted by Crippen LogP contribution is -2.24. The van der Waals surface area contributed by atoms with E-state index >= 15 is 0 Å². The van der Waals surface area contributed by atoms with Crippen LogP contribution in [-0.2, 0) is 4.79 Å². The van der Waals surface area contributed by atoms with Crippen LogP contribution < -0.4 is 5.32 Å². The van der Waals surface area contributed by atoms with Gasteiger partial charge >= 0.3 is 5.97 Å². The minimum absolute atomic E-state index is 0.0749. The summed E-state index contributed by atoms with van der Waals surface area (Å²) >= 11 is 0. The number of hydrogen-bond acceptors (Lipinski definition) is 3. The molecule has 6 heteroatoms. The number of rotatable bonds is 10. The zero-order valence-electron chi connectivity index (χ0n) is 14.6. The standard InChI is InChI=1S/C19H25N3O3/c1-15-12-14-22(21-15)17-10-8-16(9-11-17)19(25)20-13-6-4-2-3-5-7-18(23)24/h8-12,14H,2-7,13H2,1H3,(H,20,25)(H,23,24). The fraction of sp³-hybridized carbons (Fsp3) is 0.421. The Hall–Kier alpha value is -2.63. The van der Waals surface area contributed by atoms with E-state index in [0.29, 0.717) is 12.1 Å². The first-order valence-electron chi connectivity index (χ1n) is 8.69. The van der Waals surface area contributed by atoms with Gasteiger partial charge in [0.1, 0.15) is 0 Å². The van der Waals surface area contributed by atoms with Gasteiger partial charge in [0, 0.05) is 24.7 Å². The molecule has 0 saturated carbocycles. The van der Waals surface area contributed by atoms with Crippen LogP contribution in [-0.4, -0.2) is 33.3 Å². The van der Waals surface area contributed by atoms with Crippen molar-refractivity contribution in [3.8, 4) is 5.69 Å². The predicted molar refractivity (Wildman–Crippen MR) is 96.0 cm³/mol. The number of carbonyl (C=O) groups excluding carboxylic acids is 1. The molecule has 0 saturated heterocycles. The molecule has 1 amide bonds. The molecule has 0 atom stereocenters. The highest BCUT2D eigenvalue weighted by molar-refractivity contribution is 5.94. The molecule has 2 rings (SSSR count). The molecule has 134 valence electrons. The van der Waals surface area contributed by atoms with Gasteiger partial charge in [0.05, 0.1) is 11.4 Å². The third kappa shape index (κ3) is 6.41. The molecule has 0 unspecified atom stereocenters. The Morgan fingerprint density at radius 1 is 1.04 bits per heavy atom. The third-order valence-corrected chi connectivity index (χ3v) is 3.97. The van der Waals surface area contributed by atoms with Crippen molar-refractivity contribution in [1.29, 1.82) is 0 Å². The Morgan fingerprint density at radius 2 is 1.72 bits per heavy atom. The SMILES string of the molecule is Cc1ccn(-c2ccc(C(=O)NCCCCCCCC(=O)O)cc2)n1. The maximum absolute atomic E-state index is 12.1. The van der Waals surface area contributed by atoms with E-state index in [4.69, 9.17) is 5.11 Å². The molecular weight excluding hydrogens is 318 g/mol. The van der Waals surface area contributed by atoms with Crippen molar-refractivity contribution in [1.82, 2.24) is 15.1 Å². The highest BCUT2D eigenvalue weighted by Gasteiger charge is 2.05. The Labute approximate surface area is 147 Å². The number of hydrogen-bond donors (Lipinski definition) is 2. The topological polar surface area (TPSA) is 84.2 Å². The minimum Gasteiger partial charge on any atom is -0.481 e. The number of nitrogens with one attached hydrogen (secondary N) is 1. The average molecular weight is 343 g/mol. The summed E-state index contributed by atoms with van der Waals surface area (Å²) in [6, 6.07) is 9.29. The number of aromatic nitrogens is 2. The Bertz CT molecular complexity index is 692. The first-order chi connectivity index (χ1) is 12.1. The van der Waals surface area contributed by atoms with E-state index in [9.17, 15) is 9.59 Å². The van der Waals surface area contributed by atoms with E-state index in [1.807, 2.05) is 31.3 Å². The van der Waals surface area contributed by atoms with Crippen molar-refractivity contribution < 1.29 is 14.7 Å². The molecule has 0 aliphatic carbocycles. The number of amides is 1. The maximum Gasteiger partial charge on any atom is 0.303 e. The number of aliphatic carboxylic acids is 1. The van der Waals surface area contributed by atoms with Crippen molar-refractivity contribution in [3.05, 3.63) is 47.8 Å². The number of benzene rings is 1. The molecule has 0 aliphatic rings. The van der Waals surface area contributed by atoms with E-state index in [-0.39, 0.29) is 12.3 Å². The summed E-state index contributed by atoms with van der Waals surface area (Å²) in [7, 11) is 0. The van der Waals surface area contributed by atoms with Crippen LogP contribution in [0.2, 0.25) is 0 Å². The second kappa shape index (κ2) is 9.61. The second-order valence-corrected chi connectivity index (χ2v) is 6.12. The summed E-state index contributed by atoms with van der Waals surface area (Å²) in [5.41, 5.74) is 2.50. The third-order valence-electron chi connectivity index (χ3n) is 3.97. The summed E-state index contributed by atoms with van der Waals surface area (Å²) in [6.07, 6.45) is 6.69. The van der Waals surface area contributed by atoms with Crippen LogP contribution in [0.1, 0.15) is 54.6 Å². The molecule has 0 aliphatic heterocycles. The fourth-order valence-electron chi connectivity index (χ4n) is 2.56. The van der Waals surface area contributed by atoms with Crippen LogP contribution >= 0.6 is 0 Å². The van der Waals surface area contributed by atoms with E-state index < -0.39 is 5.97 Å². The van der Waals surface area contributed by atoms with Crippen molar-refractivity contribution >= 4 is 11.9 Å². The summed E-state index contributed by atoms with van der Waals surface area (Å²) in [5, 5.41) is 15.8. The van der Waals surface area contributed by atoms with Gasteiger partial charge in [0.2, 0.25) is 0 Å². The first-order valence-corrected chi connectivity index (χ1v) is 8.69. The molecule has 0 fully saturated rings. The van der Waals surface area contributed by atoms with Crippen molar-refractivity contribution in [2.75, 3.05) is 6.54 Å². The molecule has 1 aromatic heterocycles. The lowest BCUT2D eigenvalue weighted by Gasteiger charge is -2.06. The molecule has 2 aromatic rings. The van der Waals surface area contributed by atoms with Gasteiger partial charge < -0.3 is 10.4 Å². The largest absolute Gasteiger partial charge is 0.481 e. The van der Waals surface area contributed by atoms with Gasteiger partial charge in [-0.25, -0.2) is 4.68 Å². The molecule has 6 nitrogen and oxygen atoms in total. The Morgan fingerprint density at radius 3 is 2.36 bits per heavy atom. The van der Waals surface area contributed by atoms with Gasteiger partial charge in [-0.2, -0.15) is 5.10 Å². The highest BCUT2D eigenvalue weighted by Crippen LogP contribution is 2.10. The van der Waals surface area contributed by atoms with Gasteiger partial charge in [-0.15, -0.1) is 0 Å². The highest BCUT2D eigenvalue weighted by atomic mass is 16.4. The normalized spacial score (nSPS) is 10.6. The average Bonchev–Trinajstić information content (AvgIpc) is 3.03. The zero-order valence-corrected chi connectivity index (χ0v) is 14.6. The van der Waals surface area contributed by atoms with Crippen molar-refractivity contribution in [3.63, 3.8) is 0 Å². The van der Waals surface area contributed by atoms with Crippen LogP contribution in [0.5, 0.6) is 0 Å². The molecule has 0 spiro atoms. The van der Waals surface area contributed by atoms with Gasteiger partial charge in [-0.1, -0.05) is 19.3 Å². The number of nitrogens with zero attached hydrogens (tertiary/aromatic N) is 2. The summed E-state index contributed by atoms with van der Waals surface area (Å²) in [6.45, 7) is 2.57. The second-order valence-electron chi connectivity index (χ2n) is 6.12. The number of carbonyl (C=O) groups is 2. The number of carboxylic acids is 1. The fourth-order valence-corrected chi connectivity index (χ4v) is 2.56. The molecule has 0 radical (unpaired) electrons. The maximum atomic E-state index is 12.1. The van der Waals surface area contributed by atoms with Crippen LogP contribution in [0.25, 0.3) is 5.69 Å². The van der Waals surface area contributed by atoms with Gasteiger partial charge in [0.15, 0.2) is 0 Å². The quantitative estimate of drug-likeness (QED) is 0.648. The smallest absolute Gasteiger partial charge is 0.303 e. The van der Waals surface area contributed by atoms with E-state index in [1.54, 1.807) is 16.8 Å². The minimum atomic E-state index is -0.735. The molecule has 25 heavy (non-hydrogen) atoms. The van der Waals surface area contributed by atoms with E-state index in [0.717, 1.165) is 43.5 Å². The Kier molecular flexibility index (Phi) is 7.19. The van der Waals surface area contributed by atoms with Crippen molar-refractivity contribution in [2.45, 2.75) is 45.4 Å². The molecule has 1 aromatic carbocycles. The lowest BCUT2D eigenvalue weighted by atomic mass is 10.1. The van der Waals surface area contributed by atoms with Crippen LogP contribution in [0, 0.1) is 6.92 Å². The summed E-state index contributed by atoms with van der Waals surface area (Å²) < 4.78 is 1.78. The molecular formula is C19H25N3O3. The number of unbranched alkanes of at least 4 members (excludes halogenated alkanes) is 4. The van der Waals surface area contributed by atoms with E-state index in [1.165, 1.54) is 0 Å². The van der Waals surface area contributed by atoms with Gasteiger partial charge in [-0.05, 0) is 50.1 Å². The summed E-state index contributed by atoms with van der Waals surface area (Å²) in [5.74, 6) is -0.810. The predicted octanol–water partition coefficient (Wildman–Crippen LogP) is 3.34. The van der Waals surface area contributed by atoms with Crippen LogP contribution in [0.15, 0.2) is 36.5 Å². The Balaban J connectivity index is 1.66. The monoisotopic (exact) mass is 343 g/mol. The molecule has 0 bridgehead atoms. The molecule has 1 heterocycles. The summed E-state index contributed by atoms with van der Waals surface area (Å²) in [4.78, 5) is 22.5. The van der Waals surface area contributed by atoms with Crippen molar-refractivity contribution in [2.24, 2.45) is 0 Å². The number of carboxylic acid groups (broad SMARTS) is 1. The number of aryl methyl sites for hydroxylation is 1. The zero-order chi connectivity index (χ0) is 18.1. The van der Waals surface area contributed by atoms with E-state index in [2.05, 4.69) is 10.4 Å². The first kappa shape index (κ1) is 18.7.